The molecule has 0 aliphatic carbocycles. The molecule has 0 fully saturated rings. The van der Waals surface area contributed by atoms with Crippen LogP contribution in [0.4, 0.5) is 5.69 Å². The number of aromatic amines is 1. The summed E-state index contributed by atoms with van der Waals surface area (Å²) in [6, 6.07) is 15.6. The van der Waals surface area contributed by atoms with Gasteiger partial charge in [0.1, 0.15) is 12.7 Å². The Kier molecular flexibility index (Phi) is 7.21. The number of ether oxygens (including phenoxy) is 1. The van der Waals surface area contributed by atoms with Gasteiger partial charge in [-0.05, 0) is 31.2 Å². The third-order valence-electron chi connectivity index (χ3n) is 4.61. The van der Waals surface area contributed by atoms with E-state index in [4.69, 9.17) is 39.5 Å². The zero-order valence-electron chi connectivity index (χ0n) is 17.4. The van der Waals surface area contributed by atoms with Gasteiger partial charge in [-0.1, -0.05) is 70.7 Å². The number of esters is 1. The van der Waals surface area contributed by atoms with Gasteiger partial charge in [-0.3, -0.25) is 4.79 Å². The van der Waals surface area contributed by atoms with Crippen LogP contribution in [-0.2, 0) is 19.9 Å². The Morgan fingerprint density at radius 2 is 1.71 bits per heavy atom. The molecule has 176 valence electrons. The molecule has 34 heavy (non-hydrogen) atoms. The molecule has 2 aromatic carbocycles. The number of benzene rings is 2. The molecule has 1 aromatic heterocycles. The maximum atomic E-state index is 13.3. The molecular formula is C21H16Cl3N5O5. The molecule has 0 spiro atoms. The zero-order chi connectivity index (χ0) is 25.1. The van der Waals surface area contributed by atoms with E-state index in [-0.39, 0.29) is 16.1 Å². The smallest absolute Gasteiger partial charge is 0.359 e. The lowest BCUT2D eigenvalue weighted by atomic mass is 10.0. The van der Waals surface area contributed by atoms with E-state index in [0.717, 1.165) is 5.56 Å². The molecule has 1 unspecified atom stereocenters. The lowest BCUT2D eigenvalue weighted by Gasteiger charge is -2.24. The van der Waals surface area contributed by atoms with Crippen LogP contribution in [0, 0.1) is 18.3 Å². The molecule has 3 aromatic rings. The van der Waals surface area contributed by atoms with Gasteiger partial charge in [-0.2, -0.15) is 9.94 Å². The molecule has 0 aliphatic heterocycles. The van der Waals surface area contributed by atoms with Gasteiger partial charge >= 0.3 is 22.9 Å². The molecule has 1 amide bonds. The van der Waals surface area contributed by atoms with Crippen LogP contribution in [0.2, 0.25) is 0 Å². The first-order valence-electron chi connectivity index (χ1n) is 9.53. The molecule has 0 radical (unpaired) electrons. The van der Waals surface area contributed by atoms with Crippen LogP contribution in [0.5, 0.6) is 0 Å². The number of hydrogen-bond donors (Lipinski definition) is 2. The van der Waals surface area contributed by atoms with E-state index in [1.54, 1.807) is 30.3 Å². The number of rotatable bonds is 6. The minimum Gasteiger partial charge on any atom is -0.458 e. The number of hydrogen-bond acceptors (Lipinski definition) is 6. The molecule has 0 aliphatic rings. The topological polar surface area (TPSA) is 139 Å². The summed E-state index contributed by atoms with van der Waals surface area (Å²) in [5.41, 5.74) is -3.96. The number of nitrogens with zero attached hydrogens (tertiary/aromatic N) is 3. The van der Waals surface area contributed by atoms with Crippen LogP contribution in [0.1, 0.15) is 5.56 Å². The highest BCUT2D eigenvalue weighted by molar-refractivity contribution is 6.67. The zero-order valence-corrected chi connectivity index (χ0v) is 19.7. The molecule has 0 bridgehead atoms. The summed E-state index contributed by atoms with van der Waals surface area (Å²) in [7, 11) is 0. The fourth-order valence-electron chi connectivity index (χ4n) is 2.95. The monoisotopic (exact) mass is 523 g/mol. The fraction of sp³-hybridized carbons (Fsp3) is 0.190. The molecular weight excluding hydrogens is 509 g/mol. The number of aromatic nitrogens is 3. The van der Waals surface area contributed by atoms with E-state index in [9.17, 15) is 24.4 Å². The Bertz CT molecular complexity index is 1370. The highest BCUT2D eigenvalue weighted by Gasteiger charge is 2.53. The number of aryl methyl sites for hydroxylation is 1. The van der Waals surface area contributed by atoms with Gasteiger partial charge < -0.3 is 10.1 Å². The molecule has 2 N–H and O–H groups in total. The van der Waals surface area contributed by atoms with E-state index in [1.807, 2.05) is 6.92 Å². The molecule has 13 heteroatoms. The third-order valence-corrected chi connectivity index (χ3v) is 4.93. The van der Waals surface area contributed by atoms with Crippen LogP contribution >= 0.6 is 34.8 Å². The summed E-state index contributed by atoms with van der Waals surface area (Å²) in [5, 5.41) is 14.5. The fourth-order valence-corrected chi connectivity index (χ4v) is 3.12. The van der Waals surface area contributed by atoms with Crippen LogP contribution in [0.15, 0.2) is 64.2 Å². The van der Waals surface area contributed by atoms with Crippen molar-refractivity contribution in [2.24, 2.45) is 0 Å². The summed E-state index contributed by atoms with van der Waals surface area (Å²) in [5.74, 6) is -2.83. The van der Waals surface area contributed by atoms with Gasteiger partial charge in [-0.25, -0.2) is 24.0 Å². The maximum absolute atomic E-state index is 13.3. The summed E-state index contributed by atoms with van der Waals surface area (Å²) in [6.07, 6.45) is 0. The lowest BCUT2D eigenvalue weighted by molar-refractivity contribution is -0.155. The number of carbonyl (C=O) groups is 2. The van der Waals surface area contributed by atoms with E-state index in [2.05, 4.69) is 10.4 Å². The predicted molar refractivity (Wildman–Crippen MR) is 125 cm³/mol. The number of anilines is 1. The SMILES string of the molecule is Cc1ccc(NC(=O)C(C#N)(C(=O)OCC(Cl)(Cl)Cl)n2[nH]c(=O)n(-c3ccccc3)c2=O)cc1. The van der Waals surface area contributed by atoms with Gasteiger partial charge in [0.2, 0.25) is 3.79 Å². The van der Waals surface area contributed by atoms with Crippen molar-refractivity contribution in [1.82, 2.24) is 14.3 Å². The Hall–Kier alpha value is -3.52. The van der Waals surface area contributed by atoms with Crippen molar-refractivity contribution in [3.63, 3.8) is 0 Å². The average molecular weight is 525 g/mol. The first-order valence-corrected chi connectivity index (χ1v) is 10.7. The van der Waals surface area contributed by atoms with Crippen molar-refractivity contribution in [3.05, 3.63) is 81.1 Å². The van der Waals surface area contributed by atoms with E-state index in [1.165, 1.54) is 30.3 Å². The largest absolute Gasteiger partial charge is 0.458 e. The van der Waals surface area contributed by atoms with Crippen molar-refractivity contribution in [2.75, 3.05) is 11.9 Å². The first-order chi connectivity index (χ1) is 16.0. The Morgan fingerprint density at radius 3 is 2.26 bits per heavy atom. The van der Waals surface area contributed by atoms with Crippen LogP contribution in [0.25, 0.3) is 5.69 Å². The quantitative estimate of drug-likeness (QED) is 0.288. The Morgan fingerprint density at radius 1 is 1.09 bits per heavy atom. The Labute approximate surface area is 207 Å². The average Bonchev–Trinajstić information content (AvgIpc) is 3.09. The van der Waals surface area contributed by atoms with Crippen molar-refractivity contribution in [1.29, 1.82) is 5.26 Å². The number of alkyl halides is 3. The molecule has 10 nitrogen and oxygen atoms in total. The summed E-state index contributed by atoms with van der Waals surface area (Å²) in [6.45, 7) is 0.978. The molecule has 1 atom stereocenters. The second kappa shape index (κ2) is 9.77. The Balaban J connectivity index is 2.17. The second-order valence-corrected chi connectivity index (χ2v) is 9.56. The molecule has 1 heterocycles. The normalized spacial score (nSPS) is 12.9. The minimum absolute atomic E-state index is 0.132. The van der Waals surface area contributed by atoms with Gasteiger partial charge in [-0.15, -0.1) is 0 Å². The number of carbonyl (C=O) groups excluding carboxylic acids is 2. The van der Waals surface area contributed by atoms with Crippen molar-refractivity contribution < 1.29 is 14.3 Å². The molecule has 0 saturated carbocycles. The predicted octanol–water partition coefficient (Wildman–Crippen LogP) is 2.41. The number of nitrogens with one attached hydrogen (secondary N) is 2. The summed E-state index contributed by atoms with van der Waals surface area (Å²) in [4.78, 5) is 52.2. The molecule has 3 rings (SSSR count). The molecule has 0 saturated heterocycles. The second-order valence-electron chi connectivity index (χ2n) is 7.04. The summed E-state index contributed by atoms with van der Waals surface area (Å²) < 4.78 is 3.76. The summed E-state index contributed by atoms with van der Waals surface area (Å²) >= 11 is 16.9. The number of H-pyrrole nitrogens is 1. The third kappa shape index (κ3) is 5.02. The maximum Gasteiger partial charge on any atom is 0.359 e. The van der Waals surface area contributed by atoms with Crippen LogP contribution < -0.4 is 16.7 Å². The van der Waals surface area contributed by atoms with E-state index >= 15 is 0 Å². The minimum atomic E-state index is -3.00. The first kappa shape index (κ1) is 25.1. The van der Waals surface area contributed by atoms with Crippen LogP contribution in [0.3, 0.4) is 0 Å². The lowest BCUT2D eigenvalue weighted by Crippen LogP contribution is -2.56. The van der Waals surface area contributed by atoms with E-state index in [0.29, 0.717) is 4.57 Å². The van der Waals surface area contributed by atoms with Gasteiger partial charge in [0.05, 0.1) is 5.69 Å². The van der Waals surface area contributed by atoms with E-state index < -0.39 is 39.2 Å². The van der Waals surface area contributed by atoms with Crippen molar-refractivity contribution in [3.8, 4) is 11.8 Å². The standard InChI is InChI=1S/C21H16Cl3N5O5/c1-13-7-9-14(10-8-13)26-16(30)20(11-25,17(31)34-12-21(22,23)24)29-19(33)28(18(32)27-29)15-5-3-2-4-6-15/h2-10H,12H2,1H3,(H,26,30)(H,27,32). The number of halogens is 3. The van der Waals surface area contributed by atoms with Gasteiger partial charge in [0, 0.05) is 5.69 Å². The number of amides is 1. The highest BCUT2D eigenvalue weighted by atomic mass is 35.6. The number of nitriles is 1. The highest BCUT2D eigenvalue weighted by Crippen LogP contribution is 2.28. The van der Waals surface area contributed by atoms with Crippen LogP contribution in [-0.4, -0.2) is 36.6 Å². The van der Waals surface area contributed by atoms with Gasteiger partial charge in [0.25, 0.3) is 5.91 Å². The number of para-hydroxylation sites is 1. The van der Waals surface area contributed by atoms with Crippen molar-refractivity contribution in [2.45, 2.75) is 16.3 Å². The van der Waals surface area contributed by atoms with Crippen molar-refractivity contribution >= 4 is 52.4 Å². The van der Waals surface area contributed by atoms with Gasteiger partial charge in [0.15, 0.2) is 0 Å².